The zero-order valence-electron chi connectivity index (χ0n) is 11.7. The first-order valence-corrected chi connectivity index (χ1v) is 7.39. The number of amides is 1. The number of benzene rings is 1. The Morgan fingerprint density at radius 2 is 1.95 bits per heavy atom. The van der Waals surface area contributed by atoms with Crippen molar-refractivity contribution in [2.75, 3.05) is 5.32 Å². The average Bonchev–Trinajstić information content (AvgIpc) is 3.09. The van der Waals surface area contributed by atoms with Gasteiger partial charge >= 0.3 is 0 Å². The second-order valence-corrected chi connectivity index (χ2v) is 5.65. The molecule has 3 aromatic rings. The fraction of sp³-hybridized carbons (Fsp3) is 0.125. The number of nitrogens with one attached hydrogen (secondary N) is 1. The van der Waals surface area contributed by atoms with Crippen molar-refractivity contribution in [3.05, 3.63) is 58.9 Å². The summed E-state index contributed by atoms with van der Waals surface area (Å²) in [6, 6.07) is 9.88. The molecular formula is C16H14N2O2S. The zero-order chi connectivity index (χ0) is 14.8. The van der Waals surface area contributed by atoms with Gasteiger partial charge in [0.2, 0.25) is 0 Å². The molecule has 0 aliphatic carbocycles. The topological polar surface area (TPSA) is 55.1 Å². The maximum absolute atomic E-state index is 12.0. The highest BCUT2D eigenvalue weighted by atomic mass is 32.1. The van der Waals surface area contributed by atoms with Gasteiger partial charge in [-0.3, -0.25) is 10.1 Å². The van der Waals surface area contributed by atoms with Crippen LogP contribution >= 0.6 is 11.3 Å². The molecule has 106 valence electrons. The molecule has 0 spiro atoms. The largest absolute Gasteiger partial charge is 0.459 e. The van der Waals surface area contributed by atoms with Crippen molar-refractivity contribution < 1.29 is 9.21 Å². The minimum atomic E-state index is -0.276. The quantitative estimate of drug-likeness (QED) is 0.785. The van der Waals surface area contributed by atoms with Crippen LogP contribution in [0.3, 0.4) is 0 Å². The average molecular weight is 298 g/mol. The fourth-order valence-corrected chi connectivity index (χ4v) is 2.66. The summed E-state index contributed by atoms with van der Waals surface area (Å²) in [4.78, 5) is 16.5. The highest BCUT2D eigenvalue weighted by molar-refractivity contribution is 7.14. The van der Waals surface area contributed by atoms with Crippen LogP contribution < -0.4 is 5.32 Å². The fourth-order valence-electron chi connectivity index (χ4n) is 1.95. The molecule has 0 radical (unpaired) electrons. The molecule has 0 aliphatic rings. The summed E-state index contributed by atoms with van der Waals surface area (Å²) >= 11 is 1.40. The summed E-state index contributed by atoms with van der Waals surface area (Å²) in [6.07, 6.45) is 1.50. The number of carbonyl (C=O) groups is 1. The number of carbonyl (C=O) groups excluding carboxylic acids is 1. The first kappa shape index (κ1) is 13.6. The van der Waals surface area contributed by atoms with Crippen molar-refractivity contribution >= 4 is 22.4 Å². The molecule has 0 bridgehead atoms. The van der Waals surface area contributed by atoms with E-state index in [1.54, 1.807) is 6.07 Å². The van der Waals surface area contributed by atoms with Crippen molar-refractivity contribution in [1.82, 2.24) is 4.98 Å². The van der Waals surface area contributed by atoms with E-state index in [0.717, 1.165) is 16.8 Å². The van der Waals surface area contributed by atoms with E-state index in [1.165, 1.54) is 23.2 Å². The molecule has 0 saturated heterocycles. The van der Waals surface area contributed by atoms with Gasteiger partial charge in [0.15, 0.2) is 10.9 Å². The van der Waals surface area contributed by atoms with E-state index in [2.05, 4.69) is 10.3 Å². The summed E-state index contributed by atoms with van der Waals surface area (Å²) in [5.41, 5.74) is 3.90. The summed E-state index contributed by atoms with van der Waals surface area (Å²) in [6.45, 7) is 3.88. The second kappa shape index (κ2) is 5.54. The van der Waals surface area contributed by atoms with Gasteiger partial charge in [-0.1, -0.05) is 29.8 Å². The molecule has 1 aromatic carbocycles. The maximum atomic E-state index is 12.0. The lowest BCUT2D eigenvalue weighted by Crippen LogP contribution is -2.11. The van der Waals surface area contributed by atoms with Crippen LogP contribution in [0.2, 0.25) is 0 Å². The van der Waals surface area contributed by atoms with E-state index in [0.29, 0.717) is 10.9 Å². The lowest BCUT2D eigenvalue weighted by Gasteiger charge is -2.00. The van der Waals surface area contributed by atoms with Crippen molar-refractivity contribution in [2.45, 2.75) is 13.8 Å². The lowest BCUT2D eigenvalue weighted by atomic mass is 10.1. The third-order valence-electron chi connectivity index (χ3n) is 3.14. The molecule has 1 N–H and O–H groups in total. The molecule has 0 fully saturated rings. The molecule has 0 atom stereocenters. The first-order chi connectivity index (χ1) is 10.1. The SMILES string of the molecule is Cc1ccc(-c2csc(NC(=O)c3occc3C)n2)cc1. The predicted octanol–water partition coefficient (Wildman–Crippen LogP) is 4.27. The Labute approximate surface area is 126 Å². The van der Waals surface area contributed by atoms with Crippen molar-refractivity contribution in [3.63, 3.8) is 0 Å². The molecule has 2 aromatic heterocycles. The van der Waals surface area contributed by atoms with Crippen LogP contribution in [0.4, 0.5) is 5.13 Å². The summed E-state index contributed by atoms with van der Waals surface area (Å²) in [5, 5.41) is 5.25. The van der Waals surface area contributed by atoms with E-state index < -0.39 is 0 Å². The van der Waals surface area contributed by atoms with E-state index >= 15 is 0 Å². The van der Waals surface area contributed by atoms with Crippen molar-refractivity contribution in [2.24, 2.45) is 0 Å². The molecular weight excluding hydrogens is 284 g/mol. The third-order valence-corrected chi connectivity index (χ3v) is 3.90. The van der Waals surface area contributed by atoms with Crippen LogP contribution in [0, 0.1) is 13.8 Å². The number of aromatic nitrogens is 1. The molecule has 0 aliphatic heterocycles. The molecule has 5 heteroatoms. The van der Waals surface area contributed by atoms with Crippen LogP contribution in [-0.4, -0.2) is 10.9 Å². The van der Waals surface area contributed by atoms with Gasteiger partial charge in [0, 0.05) is 16.5 Å². The molecule has 4 nitrogen and oxygen atoms in total. The van der Waals surface area contributed by atoms with Gasteiger partial charge in [0.25, 0.3) is 5.91 Å². The highest BCUT2D eigenvalue weighted by Gasteiger charge is 2.14. The van der Waals surface area contributed by atoms with Gasteiger partial charge in [-0.2, -0.15) is 0 Å². The Morgan fingerprint density at radius 3 is 2.62 bits per heavy atom. The van der Waals surface area contributed by atoms with Gasteiger partial charge in [-0.05, 0) is 19.9 Å². The number of nitrogens with zero attached hydrogens (tertiary/aromatic N) is 1. The number of anilines is 1. The van der Waals surface area contributed by atoms with Gasteiger partial charge in [0.05, 0.1) is 12.0 Å². The van der Waals surface area contributed by atoms with Gasteiger partial charge in [-0.15, -0.1) is 11.3 Å². The Balaban J connectivity index is 1.78. The Hall–Kier alpha value is -2.40. The van der Waals surface area contributed by atoms with Crippen molar-refractivity contribution in [3.8, 4) is 11.3 Å². The van der Waals surface area contributed by atoms with E-state index in [1.807, 2.05) is 43.5 Å². The van der Waals surface area contributed by atoms with Crippen LogP contribution in [0.5, 0.6) is 0 Å². The number of hydrogen-bond donors (Lipinski definition) is 1. The summed E-state index contributed by atoms with van der Waals surface area (Å²) in [5.74, 6) is 0.0457. The number of rotatable bonds is 3. The Morgan fingerprint density at radius 1 is 1.19 bits per heavy atom. The minimum Gasteiger partial charge on any atom is -0.459 e. The molecule has 1 amide bonds. The maximum Gasteiger partial charge on any atom is 0.293 e. The standard InChI is InChI=1S/C16H14N2O2S/c1-10-3-5-12(6-4-10)13-9-21-16(17-13)18-15(19)14-11(2)7-8-20-14/h3-9H,1-2H3,(H,17,18,19). The predicted molar refractivity (Wildman–Crippen MR) is 83.7 cm³/mol. The monoisotopic (exact) mass is 298 g/mol. The van der Waals surface area contributed by atoms with E-state index in [-0.39, 0.29) is 5.91 Å². The molecule has 0 saturated carbocycles. The second-order valence-electron chi connectivity index (χ2n) is 4.79. The number of hydrogen-bond acceptors (Lipinski definition) is 4. The van der Waals surface area contributed by atoms with Gasteiger partial charge < -0.3 is 4.42 Å². The van der Waals surface area contributed by atoms with Crippen LogP contribution in [0.1, 0.15) is 21.7 Å². The Kier molecular flexibility index (Phi) is 3.58. The van der Waals surface area contributed by atoms with Gasteiger partial charge in [0.1, 0.15) is 0 Å². The molecule has 0 unspecified atom stereocenters. The Bertz CT molecular complexity index is 772. The summed E-state index contributed by atoms with van der Waals surface area (Å²) < 4.78 is 5.17. The minimum absolute atomic E-state index is 0.276. The molecule has 21 heavy (non-hydrogen) atoms. The number of thiazole rings is 1. The van der Waals surface area contributed by atoms with Crippen LogP contribution in [-0.2, 0) is 0 Å². The van der Waals surface area contributed by atoms with Crippen molar-refractivity contribution in [1.29, 1.82) is 0 Å². The zero-order valence-corrected chi connectivity index (χ0v) is 12.5. The van der Waals surface area contributed by atoms with Gasteiger partial charge in [-0.25, -0.2) is 4.98 Å². The van der Waals surface area contributed by atoms with E-state index in [9.17, 15) is 4.79 Å². The molecule has 3 rings (SSSR count). The first-order valence-electron chi connectivity index (χ1n) is 6.51. The lowest BCUT2D eigenvalue weighted by molar-refractivity contribution is 0.0996. The normalized spacial score (nSPS) is 10.6. The smallest absolute Gasteiger partial charge is 0.293 e. The highest BCUT2D eigenvalue weighted by Crippen LogP contribution is 2.25. The number of aryl methyl sites for hydroxylation is 2. The van der Waals surface area contributed by atoms with Crippen LogP contribution in [0.25, 0.3) is 11.3 Å². The van der Waals surface area contributed by atoms with Crippen LogP contribution in [0.15, 0.2) is 46.4 Å². The number of furan rings is 1. The third kappa shape index (κ3) is 2.87. The molecule has 2 heterocycles. The summed E-state index contributed by atoms with van der Waals surface area (Å²) in [7, 11) is 0. The van der Waals surface area contributed by atoms with E-state index in [4.69, 9.17) is 4.42 Å².